The molecule has 2 aromatic rings. The molecule has 0 atom stereocenters. The average molecular weight is 567 g/mol. The summed E-state index contributed by atoms with van der Waals surface area (Å²) in [5, 5.41) is 6.85. The monoisotopic (exact) mass is 566 g/mol. The van der Waals surface area contributed by atoms with E-state index >= 15 is 0 Å². The molecule has 1 aliphatic heterocycles. The zero-order chi connectivity index (χ0) is 22.4. The van der Waals surface area contributed by atoms with E-state index in [0.717, 1.165) is 64.6 Å². The maximum Gasteiger partial charge on any atom is 0.191 e. The Kier molecular flexibility index (Phi) is 13.2. The Hall–Kier alpha value is -1.84. The summed E-state index contributed by atoms with van der Waals surface area (Å²) in [4.78, 5) is 6.76. The number of rotatable bonds is 11. The number of nitrogens with zero attached hydrogens (tertiary/aromatic N) is 2. The Morgan fingerprint density at radius 3 is 2.55 bits per heavy atom. The number of nitrogens with one attached hydrogen (secondary N) is 2. The molecule has 0 spiro atoms. The maximum absolute atomic E-state index is 6.06. The van der Waals surface area contributed by atoms with Gasteiger partial charge in [-0.3, -0.25) is 4.99 Å². The van der Waals surface area contributed by atoms with Crippen molar-refractivity contribution in [3.8, 4) is 0 Å². The molecule has 0 bridgehead atoms. The summed E-state index contributed by atoms with van der Waals surface area (Å²) < 4.78 is 11.5. The first-order valence-electron chi connectivity index (χ1n) is 11.8. The fourth-order valence-electron chi connectivity index (χ4n) is 3.88. The lowest BCUT2D eigenvalue weighted by molar-refractivity contribution is -0.0390. The van der Waals surface area contributed by atoms with Crippen molar-refractivity contribution >= 4 is 35.6 Å². The van der Waals surface area contributed by atoms with E-state index < -0.39 is 0 Å². The summed E-state index contributed by atoms with van der Waals surface area (Å²) >= 11 is 0. The molecule has 33 heavy (non-hydrogen) atoms. The predicted molar refractivity (Wildman–Crippen MR) is 148 cm³/mol. The highest BCUT2D eigenvalue weighted by Crippen LogP contribution is 2.15. The topological polar surface area (TPSA) is 58.1 Å². The van der Waals surface area contributed by atoms with Crippen molar-refractivity contribution in [2.45, 2.75) is 45.4 Å². The summed E-state index contributed by atoms with van der Waals surface area (Å²) in [7, 11) is 1.82. The molecule has 1 aliphatic rings. The number of hydrogen-bond donors (Lipinski definition) is 2. The van der Waals surface area contributed by atoms with E-state index in [2.05, 4.69) is 82.0 Å². The van der Waals surface area contributed by atoms with E-state index in [9.17, 15) is 0 Å². The Balaban J connectivity index is 0.00000385. The highest BCUT2D eigenvalue weighted by atomic mass is 127. The predicted octanol–water partition coefficient (Wildman–Crippen LogP) is 4.58. The van der Waals surface area contributed by atoms with Crippen LogP contribution in [0, 0.1) is 0 Å². The minimum Gasteiger partial charge on any atom is -0.381 e. The van der Waals surface area contributed by atoms with E-state index in [4.69, 9.17) is 9.47 Å². The second kappa shape index (κ2) is 15.9. The lowest BCUT2D eigenvalue weighted by atomic mass is 10.1. The molecule has 1 saturated heterocycles. The first kappa shape index (κ1) is 27.4. The van der Waals surface area contributed by atoms with E-state index in [1.165, 1.54) is 16.8 Å². The number of ether oxygens (including phenoxy) is 2. The van der Waals surface area contributed by atoms with Crippen LogP contribution in [0.3, 0.4) is 0 Å². The maximum atomic E-state index is 6.06. The zero-order valence-electron chi connectivity index (χ0n) is 20.0. The first-order chi connectivity index (χ1) is 15.8. The molecule has 3 rings (SSSR count). The first-order valence-corrected chi connectivity index (χ1v) is 11.8. The zero-order valence-corrected chi connectivity index (χ0v) is 22.3. The lowest BCUT2D eigenvalue weighted by Gasteiger charge is -2.23. The minimum absolute atomic E-state index is 0. The van der Waals surface area contributed by atoms with Crippen LogP contribution in [-0.2, 0) is 22.6 Å². The average Bonchev–Trinajstić information content (AvgIpc) is 2.86. The van der Waals surface area contributed by atoms with Crippen molar-refractivity contribution in [1.82, 2.24) is 10.6 Å². The molecular weight excluding hydrogens is 527 g/mol. The third kappa shape index (κ3) is 9.90. The van der Waals surface area contributed by atoms with Gasteiger partial charge in [0.25, 0.3) is 0 Å². The molecule has 6 nitrogen and oxygen atoms in total. The van der Waals surface area contributed by atoms with Crippen LogP contribution in [0.2, 0.25) is 0 Å². The van der Waals surface area contributed by atoms with Gasteiger partial charge in [-0.2, -0.15) is 0 Å². The normalized spacial score (nSPS) is 14.4. The number of halogens is 1. The highest BCUT2D eigenvalue weighted by molar-refractivity contribution is 14.0. The van der Waals surface area contributed by atoms with Gasteiger partial charge in [0.2, 0.25) is 0 Å². The molecule has 0 saturated carbocycles. The second-order valence-corrected chi connectivity index (χ2v) is 8.06. The van der Waals surface area contributed by atoms with Gasteiger partial charge in [-0.1, -0.05) is 42.5 Å². The molecule has 0 amide bonds. The van der Waals surface area contributed by atoms with Crippen molar-refractivity contribution in [3.05, 3.63) is 65.7 Å². The Morgan fingerprint density at radius 2 is 1.82 bits per heavy atom. The molecular formula is C26H39IN4O2. The summed E-state index contributed by atoms with van der Waals surface area (Å²) in [6, 6.07) is 19.1. The Bertz CT molecular complexity index is 813. The number of hydrogen-bond acceptors (Lipinski definition) is 4. The number of benzene rings is 2. The van der Waals surface area contributed by atoms with Crippen LogP contribution < -0.4 is 15.5 Å². The summed E-state index contributed by atoms with van der Waals surface area (Å²) in [6.07, 6.45) is 3.34. The van der Waals surface area contributed by atoms with Crippen LogP contribution in [-0.4, -0.2) is 52.0 Å². The molecule has 2 N–H and O–H groups in total. The SMILES string of the molecule is CCN(CCCNC(=NC)NCc1cccc(COC2CCOCC2)c1)c1ccccc1.I. The standard InChI is InChI=1S/C26H38N4O2.HI/c1-3-30(24-11-5-4-6-12-24)16-8-15-28-26(27-2)29-20-22-9-7-10-23(19-22)21-32-25-13-17-31-18-14-25;/h4-7,9-12,19,25H,3,8,13-18,20-21H2,1-2H3,(H2,27,28,29);1H. The van der Waals surface area contributed by atoms with Crippen LogP contribution in [0.5, 0.6) is 0 Å². The van der Waals surface area contributed by atoms with Gasteiger partial charge in [0.05, 0.1) is 12.7 Å². The van der Waals surface area contributed by atoms with Crippen LogP contribution in [0.1, 0.15) is 37.3 Å². The van der Waals surface area contributed by atoms with Gasteiger partial charge in [0.15, 0.2) is 5.96 Å². The van der Waals surface area contributed by atoms with Gasteiger partial charge >= 0.3 is 0 Å². The second-order valence-electron chi connectivity index (χ2n) is 8.06. The van der Waals surface area contributed by atoms with Gasteiger partial charge in [-0.15, -0.1) is 24.0 Å². The van der Waals surface area contributed by atoms with Gasteiger partial charge < -0.3 is 25.0 Å². The van der Waals surface area contributed by atoms with E-state index in [0.29, 0.717) is 12.7 Å². The van der Waals surface area contributed by atoms with Gasteiger partial charge in [0.1, 0.15) is 0 Å². The summed E-state index contributed by atoms with van der Waals surface area (Å²) in [5.74, 6) is 0.830. The molecule has 0 aromatic heterocycles. The van der Waals surface area contributed by atoms with Crippen molar-refractivity contribution in [1.29, 1.82) is 0 Å². The number of aliphatic imine (C=N–C) groups is 1. The largest absolute Gasteiger partial charge is 0.381 e. The van der Waals surface area contributed by atoms with E-state index in [1.807, 2.05) is 7.05 Å². The molecule has 182 valence electrons. The van der Waals surface area contributed by atoms with Gasteiger partial charge in [-0.25, -0.2) is 0 Å². The van der Waals surface area contributed by atoms with Crippen LogP contribution in [0.25, 0.3) is 0 Å². The smallest absolute Gasteiger partial charge is 0.191 e. The highest BCUT2D eigenvalue weighted by Gasteiger charge is 2.14. The third-order valence-corrected chi connectivity index (χ3v) is 5.73. The molecule has 1 heterocycles. The molecule has 2 aromatic carbocycles. The van der Waals surface area contributed by atoms with Crippen LogP contribution in [0.4, 0.5) is 5.69 Å². The molecule has 7 heteroatoms. The Labute approximate surface area is 216 Å². The quantitative estimate of drug-likeness (QED) is 0.181. The van der Waals surface area contributed by atoms with Crippen molar-refractivity contribution in [3.63, 3.8) is 0 Å². The van der Waals surface area contributed by atoms with E-state index in [1.54, 1.807) is 0 Å². The number of anilines is 1. The van der Waals surface area contributed by atoms with E-state index in [-0.39, 0.29) is 24.0 Å². The molecule has 0 radical (unpaired) electrons. The summed E-state index contributed by atoms with van der Waals surface area (Å²) in [5.41, 5.74) is 3.71. The number of guanidine groups is 1. The Morgan fingerprint density at radius 1 is 1.06 bits per heavy atom. The van der Waals surface area contributed by atoms with Crippen LogP contribution >= 0.6 is 24.0 Å². The molecule has 0 aliphatic carbocycles. The molecule has 0 unspecified atom stereocenters. The minimum atomic E-state index is 0. The summed E-state index contributed by atoms with van der Waals surface area (Å²) in [6.45, 7) is 8.10. The van der Waals surface area contributed by atoms with Crippen molar-refractivity contribution < 1.29 is 9.47 Å². The number of para-hydroxylation sites is 1. The fourth-order valence-corrected chi connectivity index (χ4v) is 3.88. The lowest BCUT2D eigenvalue weighted by Crippen LogP contribution is -2.38. The molecule has 1 fully saturated rings. The fraction of sp³-hybridized carbons (Fsp3) is 0.500. The van der Waals surface area contributed by atoms with Gasteiger partial charge in [-0.05, 0) is 49.4 Å². The van der Waals surface area contributed by atoms with Crippen LogP contribution in [0.15, 0.2) is 59.6 Å². The van der Waals surface area contributed by atoms with Crippen molar-refractivity contribution in [2.24, 2.45) is 4.99 Å². The third-order valence-electron chi connectivity index (χ3n) is 5.73. The van der Waals surface area contributed by atoms with Crippen molar-refractivity contribution in [2.75, 3.05) is 44.8 Å². The van der Waals surface area contributed by atoms with Gasteiger partial charge in [0, 0.05) is 52.1 Å².